The number of rotatable bonds is 4. The Morgan fingerprint density at radius 2 is 2.04 bits per heavy atom. The molecule has 4 rings (SSSR count). The van der Waals surface area contributed by atoms with Gasteiger partial charge in [0.2, 0.25) is 5.95 Å². The zero-order valence-corrected chi connectivity index (χ0v) is 16.1. The molecule has 0 unspecified atom stereocenters. The van der Waals surface area contributed by atoms with Gasteiger partial charge in [-0.15, -0.1) is 0 Å². The van der Waals surface area contributed by atoms with Crippen LogP contribution < -0.4 is 5.32 Å². The molecule has 0 radical (unpaired) electrons. The molecular formula is C18H26N6S. The van der Waals surface area contributed by atoms with Gasteiger partial charge >= 0.3 is 0 Å². The van der Waals surface area contributed by atoms with Crippen LogP contribution >= 0.6 is 11.9 Å². The molecule has 2 aromatic heterocycles. The first-order chi connectivity index (χ1) is 12.2. The Morgan fingerprint density at radius 3 is 2.80 bits per heavy atom. The first kappa shape index (κ1) is 16.8. The minimum Gasteiger partial charge on any atom is -0.351 e. The second-order valence-electron chi connectivity index (χ2n) is 6.85. The van der Waals surface area contributed by atoms with Crippen LogP contribution in [0.5, 0.6) is 0 Å². The summed E-state index contributed by atoms with van der Waals surface area (Å²) in [5.74, 6) is 2.96. The van der Waals surface area contributed by atoms with Crippen molar-refractivity contribution < 1.29 is 0 Å². The standard InChI is InChI=1S/C18H26N6S/c1-4-25-24-9-7-14(8-10-24)21-18-19-11-13-5-6-15-17(16(13)22-18)23(3)12(2)20-15/h11,14H,4-10H2,1-3H3,(H,19,21,22). The normalized spacial score (nSPS) is 18.0. The fraction of sp³-hybridized carbons (Fsp3) is 0.611. The molecular weight excluding hydrogens is 332 g/mol. The van der Waals surface area contributed by atoms with Crippen LogP contribution in [-0.2, 0) is 19.9 Å². The molecule has 6 nitrogen and oxygen atoms in total. The van der Waals surface area contributed by atoms with Crippen LogP contribution in [0.3, 0.4) is 0 Å². The van der Waals surface area contributed by atoms with Crippen LogP contribution in [0.2, 0.25) is 0 Å². The van der Waals surface area contributed by atoms with Crippen LogP contribution in [0.1, 0.15) is 36.8 Å². The van der Waals surface area contributed by atoms with E-state index in [1.807, 2.05) is 18.1 Å². The van der Waals surface area contributed by atoms with Crippen LogP contribution in [0.15, 0.2) is 6.20 Å². The predicted octanol–water partition coefficient (Wildman–Crippen LogP) is 2.83. The van der Waals surface area contributed by atoms with E-state index in [0.717, 1.165) is 62.0 Å². The summed E-state index contributed by atoms with van der Waals surface area (Å²) in [6, 6.07) is 0.461. The second-order valence-corrected chi connectivity index (χ2v) is 8.20. The summed E-state index contributed by atoms with van der Waals surface area (Å²) in [6.07, 6.45) is 6.24. The maximum absolute atomic E-state index is 4.88. The highest BCUT2D eigenvalue weighted by atomic mass is 32.2. The third-order valence-electron chi connectivity index (χ3n) is 5.21. The van der Waals surface area contributed by atoms with Crippen molar-refractivity contribution in [3.05, 3.63) is 23.3 Å². The number of nitrogens with zero attached hydrogens (tertiary/aromatic N) is 5. The summed E-state index contributed by atoms with van der Waals surface area (Å²) in [7, 11) is 2.08. The predicted molar refractivity (Wildman–Crippen MR) is 103 cm³/mol. The van der Waals surface area contributed by atoms with E-state index >= 15 is 0 Å². The van der Waals surface area contributed by atoms with Crippen molar-refractivity contribution in [2.75, 3.05) is 24.2 Å². The largest absolute Gasteiger partial charge is 0.351 e. The Morgan fingerprint density at radius 1 is 1.24 bits per heavy atom. The molecule has 1 fully saturated rings. The highest BCUT2D eigenvalue weighted by Gasteiger charge is 2.25. The lowest BCUT2D eigenvalue weighted by Gasteiger charge is -2.31. The van der Waals surface area contributed by atoms with Crippen molar-refractivity contribution in [3.8, 4) is 11.4 Å². The molecule has 134 valence electrons. The molecule has 1 aliphatic heterocycles. The Bertz CT molecular complexity index is 763. The Labute approximate surface area is 153 Å². The zero-order chi connectivity index (χ0) is 17.4. The number of nitrogens with one attached hydrogen (secondary N) is 1. The molecule has 1 N–H and O–H groups in total. The van der Waals surface area contributed by atoms with Gasteiger partial charge in [0.15, 0.2) is 0 Å². The van der Waals surface area contributed by atoms with Gasteiger partial charge in [0.05, 0.1) is 17.1 Å². The first-order valence-corrected chi connectivity index (χ1v) is 10.1. The lowest BCUT2D eigenvalue weighted by Crippen LogP contribution is -2.36. The van der Waals surface area contributed by atoms with Gasteiger partial charge in [-0.3, -0.25) is 4.31 Å². The maximum atomic E-state index is 4.88. The molecule has 1 aliphatic carbocycles. The third-order valence-corrected chi connectivity index (χ3v) is 6.20. The van der Waals surface area contributed by atoms with Crippen LogP contribution in [0.25, 0.3) is 11.4 Å². The van der Waals surface area contributed by atoms with E-state index in [2.05, 4.69) is 40.1 Å². The molecule has 0 spiro atoms. The van der Waals surface area contributed by atoms with Gasteiger partial charge in [0.1, 0.15) is 5.82 Å². The Hall–Kier alpha value is -1.60. The summed E-state index contributed by atoms with van der Waals surface area (Å²) < 4.78 is 4.63. The number of piperidine rings is 1. The molecule has 0 bridgehead atoms. The van der Waals surface area contributed by atoms with E-state index in [1.54, 1.807) is 0 Å². The van der Waals surface area contributed by atoms with E-state index < -0.39 is 0 Å². The molecule has 1 saturated heterocycles. The van der Waals surface area contributed by atoms with Crippen LogP contribution in [0.4, 0.5) is 5.95 Å². The molecule has 0 aromatic carbocycles. The van der Waals surface area contributed by atoms with E-state index in [4.69, 9.17) is 9.97 Å². The lowest BCUT2D eigenvalue weighted by molar-refractivity contribution is 0.358. The monoisotopic (exact) mass is 358 g/mol. The summed E-state index contributed by atoms with van der Waals surface area (Å²) >= 11 is 1.94. The van der Waals surface area contributed by atoms with Crippen molar-refractivity contribution in [1.29, 1.82) is 0 Å². The second kappa shape index (κ2) is 6.96. The average molecular weight is 359 g/mol. The number of anilines is 1. The highest BCUT2D eigenvalue weighted by molar-refractivity contribution is 7.96. The number of hydrogen-bond acceptors (Lipinski definition) is 6. The van der Waals surface area contributed by atoms with Crippen molar-refractivity contribution >= 4 is 17.9 Å². The van der Waals surface area contributed by atoms with Gasteiger partial charge in [0, 0.05) is 38.1 Å². The van der Waals surface area contributed by atoms with Gasteiger partial charge in [-0.05, 0) is 38.2 Å². The minimum absolute atomic E-state index is 0.461. The number of aryl methyl sites for hydroxylation is 3. The topological polar surface area (TPSA) is 58.9 Å². The van der Waals surface area contributed by atoms with E-state index in [0.29, 0.717) is 6.04 Å². The van der Waals surface area contributed by atoms with Gasteiger partial charge < -0.3 is 9.88 Å². The quantitative estimate of drug-likeness (QED) is 0.848. The van der Waals surface area contributed by atoms with Crippen LogP contribution in [-0.4, -0.2) is 48.7 Å². The summed E-state index contributed by atoms with van der Waals surface area (Å²) in [5, 5.41) is 3.56. The molecule has 0 amide bonds. The molecule has 0 saturated carbocycles. The molecule has 0 atom stereocenters. The molecule has 7 heteroatoms. The van der Waals surface area contributed by atoms with Crippen molar-refractivity contribution in [2.45, 2.75) is 45.6 Å². The van der Waals surface area contributed by atoms with Gasteiger partial charge in [-0.1, -0.05) is 18.9 Å². The van der Waals surface area contributed by atoms with Gasteiger partial charge in [0.25, 0.3) is 0 Å². The third kappa shape index (κ3) is 3.27. The molecule has 3 heterocycles. The number of fused-ring (bicyclic) bond motifs is 3. The van der Waals surface area contributed by atoms with Gasteiger partial charge in [-0.25, -0.2) is 15.0 Å². The zero-order valence-electron chi connectivity index (χ0n) is 15.2. The summed E-state index contributed by atoms with van der Waals surface area (Å²) in [6.45, 7) is 6.53. The average Bonchev–Trinajstić information content (AvgIpc) is 2.92. The molecule has 25 heavy (non-hydrogen) atoms. The van der Waals surface area contributed by atoms with Crippen molar-refractivity contribution in [2.24, 2.45) is 7.05 Å². The fourth-order valence-electron chi connectivity index (χ4n) is 3.76. The fourth-order valence-corrected chi connectivity index (χ4v) is 4.59. The highest BCUT2D eigenvalue weighted by Crippen LogP contribution is 2.32. The number of aromatic nitrogens is 4. The minimum atomic E-state index is 0.461. The van der Waals surface area contributed by atoms with E-state index in [9.17, 15) is 0 Å². The maximum Gasteiger partial charge on any atom is 0.223 e. The number of imidazole rings is 1. The van der Waals surface area contributed by atoms with Gasteiger partial charge in [-0.2, -0.15) is 0 Å². The first-order valence-electron chi connectivity index (χ1n) is 9.18. The smallest absolute Gasteiger partial charge is 0.223 e. The van der Waals surface area contributed by atoms with E-state index in [1.165, 1.54) is 17.0 Å². The summed E-state index contributed by atoms with van der Waals surface area (Å²) in [4.78, 5) is 14.2. The summed E-state index contributed by atoms with van der Waals surface area (Å²) in [5.41, 5.74) is 4.62. The Kier molecular flexibility index (Phi) is 4.69. The molecule has 2 aliphatic rings. The van der Waals surface area contributed by atoms with Crippen molar-refractivity contribution in [1.82, 2.24) is 23.8 Å². The van der Waals surface area contributed by atoms with Crippen LogP contribution in [0, 0.1) is 6.92 Å². The number of hydrogen-bond donors (Lipinski definition) is 1. The lowest BCUT2D eigenvalue weighted by atomic mass is 9.98. The Balaban J connectivity index is 1.52. The van der Waals surface area contributed by atoms with E-state index in [-0.39, 0.29) is 0 Å². The SMILES string of the molecule is CCSN1CCC(Nc2ncc3c(n2)-c2c(nc(C)n2C)CC3)CC1. The molecule has 2 aromatic rings. The van der Waals surface area contributed by atoms with Crippen molar-refractivity contribution in [3.63, 3.8) is 0 Å².